The molecule has 0 unspecified atom stereocenters. The fourth-order valence-corrected chi connectivity index (χ4v) is 4.87. The van der Waals surface area contributed by atoms with Crippen LogP contribution < -0.4 is 4.90 Å². The fraction of sp³-hybridized carbons (Fsp3) is 0.217. The Labute approximate surface area is 183 Å². The Hall–Kier alpha value is -3.45. The first kappa shape index (κ1) is 18.3. The highest BCUT2D eigenvalue weighted by molar-refractivity contribution is 6.33. The van der Waals surface area contributed by atoms with Gasteiger partial charge in [0.1, 0.15) is 23.4 Å². The summed E-state index contributed by atoms with van der Waals surface area (Å²) in [7, 11) is 0. The molecule has 2 atom stereocenters. The largest absolute Gasteiger partial charge is 0.326 e. The van der Waals surface area contributed by atoms with E-state index in [1.54, 1.807) is 0 Å². The summed E-state index contributed by atoms with van der Waals surface area (Å²) in [6.45, 7) is 0. The summed E-state index contributed by atoms with van der Waals surface area (Å²) < 4.78 is 4.04. The lowest BCUT2D eigenvalue weighted by atomic mass is 10.0. The summed E-state index contributed by atoms with van der Waals surface area (Å²) in [5, 5.41) is 18.6. The molecule has 1 aliphatic rings. The van der Waals surface area contributed by atoms with Crippen LogP contribution in [-0.2, 0) is 0 Å². The van der Waals surface area contributed by atoms with Crippen LogP contribution in [0.2, 0.25) is 5.02 Å². The number of piperidine rings is 1. The van der Waals surface area contributed by atoms with E-state index in [2.05, 4.69) is 43.7 Å². The molecule has 2 aromatic heterocycles. The van der Waals surface area contributed by atoms with Crippen LogP contribution in [0, 0.1) is 0 Å². The van der Waals surface area contributed by atoms with Crippen LogP contribution in [0.4, 0.5) is 5.69 Å². The number of rotatable bonds is 3. The maximum absolute atomic E-state index is 6.72. The first-order valence-electron chi connectivity index (χ1n) is 10.4. The van der Waals surface area contributed by atoms with Gasteiger partial charge in [-0.15, -0.1) is 10.2 Å². The molecular formula is C23H20ClN7. The number of nitrogens with zero attached hydrogens (tertiary/aromatic N) is 7. The number of benzene rings is 3. The smallest absolute Gasteiger partial charge is 0.127 e. The number of halogens is 1. The van der Waals surface area contributed by atoms with Gasteiger partial charge in [-0.3, -0.25) is 0 Å². The quantitative estimate of drug-likeness (QED) is 0.393. The average Bonchev–Trinajstić information content (AvgIpc) is 3.44. The summed E-state index contributed by atoms with van der Waals surface area (Å²) in [5.74, 6) is 0. The number of para-hydroxylation sites is 3. The van der Waals surface area contributed by atoms with E-state index in [9.17, 15) is 0 Å². The van der Waals surface area contributed by atoms with Crippen molar-refractivity contribution in [3.8, 4) is 0 Å². The molecule has 154 valence electrons. The normalized spacial score (nSPS) is 19.3. The van der Waals surface area contributed by atoms with Crippen LogP contribution in [0.15, 0.2) is 72.8 Å². The summed E-state index contributed by atoms with van der Waals surface area (Å²) >= 11 is 6.72. The predicted octanol–water partition coefficient (Wildman–Crippen LogP) is 5.22. The Balaban J connectivity index is 1.55. The van der Waals surface area contributed by atoms with Gasteiger partial charge >= 0.3 is 0 Å². The maximum atomic E-state index is 6.72. The third-order valence-corrected chi connectivity index (χ3v) is 6.34. The van der Waals surface area contributed by atoms with Crippen LogP contribution in [0.3, 0.4) is 0 Å². The molecule has 8 heteroatoms. The van der Waals surface area contributed by atoms with Gasteiger partial charge in [0, 0.05) is 0 Å². The summed E-state index contributed by atoms with van der Waals surface area (Å²) in [6.07, 6.45) is 2.80. The highest BCUT2D eigenvalue weighted by Gasteiger charge is 2.36. The van der Waals surface area contributed by atoms with Gasteiger partial charge < -0.3 is 4.90 Å². The number of hydrogen-bond donors (Lipinski definition) is 0. The van der Waals surface area contributed by atoms with Gasteiger partial charge in [0.2, 0.25) is 0 Å². The van der Waals surface area contributed by atoms with E-state index in [0.717, 1.165) is 47.0 Å². The van der Waals surface area contributed by atoms with Crippen LogP contribution in [-0.4, -0.2) is 30.0 Å². The standard InChI is InChI=1S/C23H20ClN7/c24-16-8-1-4-11-19(16)29-22(30-20-12-5-2-9-17(20)25-27-30)14-7-15-23(29)31-21-13-6-3-10-18(21)26-28-31/h1-6,8-13,22-23H,7,14-15H2/t22-,23+. The molecule has 1 fully saturated rings. The van der Waals surface area contributed by atoms with E-state index in [4.69, 9.17) is 11.6 Å². The molecule has 0 amide bonds. The highest BCUT2D eigenvalue weighted by atomic mass is 35.5. The minimum atomic E-state index is -0.0472. The lowest BCUT2D eigenvalue weighted by Crippen LogP contribution is -2.43. The molecule has 3 aromatic carbocycles. The lowest BCUT2D eigenvalue weighted by Gasteiger charge is -2.43. The first-order chi connectivity index (χ1) is 15.3. The second kappa shape index (κ2) is 7.35. The minimum absolute atomic E-state index is 0.0472. The Morgan fingerprint density at radius 1 is 0.677 bits per heavy atom. The van der Waals surface area contributed by atoms with E-state index >= 15 is 0 Å². The third-order valence-electron chi connectivity index (χ3n) is 6.02. The first-order valence-corrected chi connectivity index (χ1v) is 10.8. The van der Waals surface area contributed by atoms with E-state index in [0.29, 0.717) is 5.02 Å². The van der Waals surface area contributed by atoms with Crippen molar-refractivity contribution in [3.63, 3.8) is 0 Å². The SMILES string of the molecule is Clc1ccccc1N1[C@H](n2nnc3ccccc32)CCC[C@@H]1n1nnc2ccccc21. The average molecular weight is 430 g/mol. The van der Waals surface area contributed by atoms with Crippen LogP contribution >= 0.6 is 11.6 Å². The minimum Gasteiger partial charge on any atom is -0.326 e. The molecule has 0 radical (unpaired) electrons. The Bertz CT molecular complexity index is 1290. The molecule has 0 N–H and O–H groups in total. The van der Waals surface area contributed by atoms with Crippen molar-refractivity contribution in [3.05, 3.63) is 77.8 Å². The molecule has 6 rings (SSSR count). The van der Waals surface area contributed by atoms with Crippen molar-refractivity contribution in [2.24, 2.45) is 0 Å². The van der Waals surface area contributed by atoms with Gasteiger partial charge in [-0.1, -0.05) is 58.4 Å². The molecule has 31 heavy (non-hydrogen) atoms. The molecule has 1 aliphatic heterocycles. The third kappa shape index (κ3) is 2.96. The van der Waals surface area contributed by atoms with Gasteiger partial charge in [0.15, 0.2) is 0 Å². The number of hydrogen-bond acceptors (Lipinski definition) is 5. The number of anilines is 1. The molecular weight excluding hydrogens is 410 g/mol. The van der Waals surface area contributed by atoms with Crippen molar-refractivity contribution in [2.45, 2.75) is 31.6 Å². The Kier molecular flexibility index (Phi) is 4.35. The van der Waals surface area contributed by atoms with Gasteiger partial charge in [-0.05, 0) is 55.7 Å². The zero-order valence-electron chi connectivity index (χ0n) is 16.7. The van der Waals surface area contributed by atoms with Gasteiger partial charge in [-0.25, -0.2) is 9.36 Å². The number of aromatic nitrogens is 6. The molecule has 5 aromatic rings. The zero-order chi connectivity index (χ0) is 20.8. The fourth-order valence-electron chi connectivity index (χ4n) is 4.64. The zero-order valence-corrected chi connectivity index (χ0v) is 17.5. The van der Waals surface area contributed by atoms with E-state index in [-0.39, 0.29) is 12.3 Å². The van der Waals surface area contributed by atoms with Crippen LogP contribution in [0.25, 0.3) is 22.1 Å². The van der Waals surface area contributed by atoms with Crippen molar-refractivity contribution < 1.29 is 0 Å². The van der Waals surface area contributed by atoms with E-state index in [1.807, 2.05) is 64.0 Å². The van der Waals surface area contributed by atoms with Gasteiger partial charge in [0.25, 0.3) is 0 Å². The monoisotopic (exact) mass is 429 g/mol. The molecule has 3 heterocycles. The summed E-state index contributed by atoms with van der Waals surface area (Å²) in [6, 6.07) is 24.1. The van der Waals surface area contributed by atoms with Gasteiger partial charge in [-0.2, -0.15) is 0 Å². The topological polar surface area (TPSA) is 64.7 Å². The van der Waals surface area contributed by atoms with Gasteiger partial charge in [0.05, 0.1) is 21.7 Å². The van der Waals surface area contributed by atoms with Crippen molar-refractivity contribution in [1.29, 1.82) is 0 Å². The van der Waals surface area contributed by atoms with Crippen LogP contribution in [0.5, 0.6) is 0 Å². The van der Waals surface area contributed by atoms with Crippen LogP contribution in [0.1, 0.15) is 31.6 Å². The summed E-state index contributed by atoms with van der Waals surface area (Å²) in [5.41, 5.74) is 4.74. The Morgan fingerprint density at radius 3 is 1.77 bits per heavy atom. The second-order valence-corrected chi connectivity index (χ2v) is 8.20. The van der Waals surface area contributed by atoms with Crippen molar-refractivity contribution in [1.82, 2.24) is 30.0 Å². The van der Waals surface area contributed by atoms with E-state index in [1.165, 1.54) is 0 Å². The second-order valence-electron chi connectivity index (χ2n) is 7.80. The highest BCUT2D eigenvalue weighted by Crippen LogP contribution is 2.43. The molecule has 0 bridgehead atoms. The lowest BCUT2D eigenvalue weighted by molar-refractivity contribution is 0.247. The molecule has 7 nitrogen and oxygen atoms in total. The molecule has 0 saturated carbocycles. The molecule has 0 spiro atoms. The molecule has 0 aliphatic carbocycles. The maximum Gasteiger partial charge on any atom is 0.127 e. The van der Waals surface area contributed by atoms with Crippen molar-refractivity contribution >= 4 is 39.4 Å². The molecule has 1 saturated heterocycles. The number of fused-ring (bicyclic) bond motifs is 2. The predicted molar refractivity (Wildman–Crippen MR) is 121 cm³/mol. The Morgan fingerprint density at radius 2 is 1.19 bits per heavy atom. The summed E-state index contributed by atoms with van der Waals surface area (Å²) in [4.78, 5) is 2.33. The van der Waals surface area contributed by atoms with E-state index < -0.39 is 0 Å². The van der Waals surface area contributed by atoms with Crippen molar-refractivity contribution in [2.75, 3.05) is 4.90 Å².